The lowest BCUT2D eigenvalue weighted by atomic mass is 10.1. The van der Waals surface area contributed by atoms with Crippen molar-refractivity contribution in [3.8, 4) is 5.69 Å². The van der Waals surface area contributed by atoms with Gasteiger partial charge in [0.1, 0.15) is 5.82 Å². The highest BCUT2D eigenvalue weighted by molar-refractivity contribution is 8.00. The Morgan fingerprint density at radius 2 is 1.70 bits per heavy atom. The predicted octanol–water partition coefficient (Wildman–Crippen LogP) is 4.98. The predicted molar refractivity (Wildman–Crippen MR) is 130 cm³/mol. The molecule has 1 aliphatic rings. The maximum Gasteiger partial charge on any atom is 0.266 e. The Bertz CT molecular complexity index is 1430. The molecule has 0 saturated carbocycles. The van der Waals surface area contributed by atoms with Crippen molar-refractivity contribution in [1.29, 1.82) is 0 Å². The van der Waals surface area contributed by atoms with E-state index in [2.05, 4.69) is 4.98 Å². The number of rotatable bonds is 4. The summed E-state index contributed by atoms with van der Waals surface area (Å²) in [6.45, 7) is 3.83. The van der Waals surface area contributed by atoms with Crippen molar-refractivity contribution in [2.45, 2.75) is 36.7 Å². The van der Waals surface area contributed by atoms with Gasteiger partial charge in [0, 0.05) is 11.7 Å². The molecule has 0 aliphatic carbocycles. The largest absolute Gasteiger partial charge is 0.308 e. The maximum atomic E-state index is 14.7. The molecule has 0 bridgehead atoms. The van der Waals surface area contributed by atoms with E-state index in [4.69, 9.17) is 0 Å². The number of carbonyl (C=O) groups is 1. The molecule has 4 aromatic rings. The van der Waals surface area contributed by atoms with E-state index < -0.39 is 11.1 Å². The molecule has 5 rings (SSSR count). The van der Waals surface area contributed by atoms with Crippen molar-refractivity contribution >= 4 is 34.3 Å². The van der Waals surface area contributed by atoms with Gasteiger partial charge >= 0.3 is 0 Å². The van der Waals surface area contributed by atoms with Crippen molar-refractivity contribution in [2.24, 2.45) is 0 Å². The zero-order valence-electron chi connectivity index (χ0n) is 18.2. The third-order valence-corrected chi connectivity index (χ3v) is 6.95. The van der Waals surface area contributed by atoms with E-state index in [1.165, 1.54) is 22.4 Å². The molecule has 0 radical (unpaired) electrons. The molecule has 3 aromatic carbocycles. The first-order chi connectivity index (χ1) is 16.0. The van der Waals surface area contributed by atoms with E-state index in [1.54, 1.807) is 49.4 Å². The Labute approximate surface area is 194 Å². The van der Waals surface area contributed by atoms with Gasteiger partial charge in [-0.1, -0.05) is 54.2 Å². The molecule has 33 heavy (non-hydrogen) atoms. The summed E-state index contributed by atoms with van der Waals surface area (Å²) in [4.78, 5) is 33.3. The van der Waals surface area contributed by atoms with E-state index >= 15 is 0 Å². The molecule has 0 N–H and O–H groups in total. The molecule has 0 unspecified atom stereocenters. The van der Waals surface area contributed by atoms with Gasteiger partial charge < -0.3 is 4.90 Å². The third-order valence-electron chi connectivity index (χ3n) is 5.91. The van der Waals surface area contributed by atoms with Crippen molar-refractivity contribution in [3.05, 3.63) is 94.5 Å². The fraction of sp³-hybridized carbons (Fsp3) is 0.192. The minimum Gasteiger partial charge on any atom is -0.308 e. The summed E-state index contributed by atoms with van der Waals surface area (Å²) >= 11 is 1.17. The Morgan fingerprint density at radius 3 is 2.48 bits per heavy atom. The normalized spacial score (nSPS) is 16.1. The molecule has 1 amide bonds. The highest BCUT2D eigenvalue weighted by Crippen LogP contribution is 2.35. The second-order valence-electron chi connectivity index (χ2n) is 8.15. The fourth-order valence-electron chi connectivity index (χ4n) is 4.34. The molecule has 7 heteroatoms. The summed E-state index contributed by atoms with van der Waals surface area (Å²) < 4.78 is 16.0. The van der Waals surface area contributed by atoms with Gasteiger partial charge in [0.15, 0.2) is 5.16 Å². The van der Waals surface area contributed by atoms with Gasteiger partial charge in [0.25, 0.3) is 5.56 Å². The number of hydrogen-bond donors (Lipinski definition) is 0. The summed E-state index contributed by atoms with van der Waals surface area (Å²) in [7, 11) is 0. The van der Waals surface area contributed by atoms with Crippen LogP contribution < -0.4 is 10.5 Å². The summed E-state index contributed by atoms with van der Waals surface area (Å²) in [6, 6.07) is 21.0. The second-order valence-corrected chi connectivity index (χ2v) is 9.46. The molecular formula is C26H22FN3O2S. The second kappa shape index (κ2) is 8.48. The van der Waals surface area contributed by atoms with E-state index in [9.17, 15) is 14.0 Å². The number of amides is 1. The van der Waals surface area contributed by atoms with Crippen LogP contribution in [-0.4, -0.2) is 26.8 Å². The number of aromatic nitrogens is 2. The van der Waals surface area contributed by atoms with E-state index in [-0.39, 0.29) is 28.4 Å². The van der Waals surface area contributed by atoms with Crippen molar-refractivity contribution in [1.82, 2.24) is 9.55 Å². The lowest BCUT2D eigenvalue weighted by Crippen LogP contribution is -2.40. The first-order valence-electron chi connectivity index (χ1n) is 10.8. The summed E-state index contributed by atoms with van der Waals surface area (Å²) in [5.41, 5.74) is 2.32. The third kappa shape index (κ3) is 3.72. The fourth-order valence-corrected chi connectivity index (χ4v) is 5.31. The SMILES string of the molecule is C[C@H](Sc1nc2ccccc2c(=O)n1-c1ccccc1F)C(=O)N1c2ccccc2C[C@@H]1C. The van der Waals surface area contributed by atoms with Gasteiger partial charge in [-0.25, -0.2) is 9.37 Å². The number of carbonyl (C=O) groups excluding carboxylic acids is 1. The Hall–Kier alpha value is -3.45. The Morgan fingerprint density at radius 1 is 1.03 bits per heavy atom. The van der Waals surface area contributed by atoms with Gasteiger partial charge in [-0.05, 0) is 56.2 Å². The molecule has 0 fully saturated rings. The minimum absolute atomic E-state index is 0.0382. The van der Waals surface area contributed by atoms with Gasteiger partial charge in [0.05, 0.1) is 21.8 Å². The number of anilines is 1. The number of fused-ring (bicyclic) bond motifs is 2. The molecule has 0 spiro atoms. The quantitative estimate of drug-likeness (QED) is 0.319. The van der Waals surface area contributed by atoms with E-state index in [0.717, 1.165) is 17.7 Å². The lowest BCUT2D eigenvalue weighted by molar-refractivity contribution is -0.118. The molecule has 1 aliphatic heterocycles. The maximum absolute atomic E-state index is 14.7. The van der Waals surface area contributed by atoms with Crippen LogP contribution >= 0.6 is 11.8 Å². The number of nitrogens with zero attached hydrogens (tertiary/aromatic N) is 3. The zero-order valence-corrected chi connectivity index (χ0v) is 19.1. The van der Waals surface area contributed by atoms with Gasteiger partial charge in [-0.15, -0.1) is 0 Å². The molecule has 2 heterocycles. The van der Waals surface area contributed by atoms with Gasteiger partial charge in [0.2, 0.25) is 5.91 Å². The average molecular weight is 460 g/mol. The van der Waals surface area contributed by atoms with Crippen LogP contribution in [0.4, 0.5) is 10.1 Å². The standard InChI is InChI=1S/C26H22FN3O2S/c1-16-15-18-9-3-7-13-22(18)29(16)24(31)17(2)33-26-28-21-12-6-4-10-19(21)25(32)30(26)23-14-8-5-11-20(23)27/h3-14,16-17H,15H2,1-2H3/t16-,17-/m0/s1. The molecule has 2 atom stereocenters. The summed E-state index contributed by atoms with van der Waals surface area (Å²) in [6.07, 6.45) is 0.799. The highest BCUT2D eigenvalue weighted by atomic mass is 32.2. The van der Waals surface area contributed by atoms with Crippen molar-refractivity contribution in [2.75, 3.05) is 4.90 Å². The van der Waals surface area contributed by atoms with Crippen molar-refractivity contribution in [3.63, 3.8) is 0 Å². The molecular weight excluding hydrogens is 437 g/mol. The first kappa shape index (κ1) is 21.4. The van der Waals surface area contributed by atoms with Gasteiger partial charge in [-0.2, -0.15) is 0 Å². The number of halogens is 1. The monoisotopic (exact) mass is 459 g/mol. The van der Waals surface area contributed by atoms with Crippen LogP contribution in [0.25, 0.3) is 16.6 Å². The average Bonchev–Trinajstić information content (AvgIpc) is 3.15. The summed E-state index contributed by atoms with van der Waals surface area (Å²) in [5, 5.41) is 0.139. The van der Waals surface area contributed by atoms with Crippen LogP contribution in [0.2, 0.25) is 0 Å². The Kier molecular flexibility index (Phi) is 5.50. The highest BCUT2D eigenvalue weighted by Gasteiger charge is 2.34. The first-order valence-corrected chi connectivity index (χ1v) is 11.7. The van der Waals surface area contributed by atoms with Crippen LogP contribution in [-0.2, 0) is 11.2 Å². The lowest BCUT2D eigenvalue weighted by Gasteiger charge is -2.26. The van der Waals surface area contributed by atoms with Crippen LogP contribution in [0.3, 0.4) is 0 Å². The van der Waals surface area contributed by atoms with Crippen LogP contribution in [0.1, 0.15) is 19.4 Å². The number of para-hydroxylation sites is 3. The number of benzene rings is 3. The van der Waals surface area contributed by atoms with Crippen LogP contribution in [0.5, 0.6) is 0 Å². The Balaban J connectivity index is 1.58. The number of hydrogen-bond acceptors (Lipinski definition) is 4. The molecule has 0 saturated heterocycles. The van der Waals surface area contributed by atoms with Crippen LogP contribution in [0.15, 0.2) is 82.7 Å². The molecule has 166 valence electrons. The molecule has 5 nitrogen and oxygen atoms in total. The van der Waals surface area contributed by atoms with Crippen molar-refractivity contribution < 1.29 is 9.18 Å². The van der Waals surface area contributed by atoms with Gasteiger partial charge in [-0.3, -0.25) is 14.2 Å². The minimum atomic E-state index is -0.537. The van der Waals surface area contributed by atoms with Crippen LogP contribution in [0, 0.1) is 5.82 Å². The molecule has 1 aromatic heterocycles. The topological polar surface area (TPSA) is 55.2 Å². The zero-order chi connectivity index (χ0) is 23.1. The van der Waals surface area contributed by atoms with E-state index in [0.29, 0.717) is 10.9 Å². The van der Waals surface area contributed by atoms with E-state index in [1.807, 2.05) is 36.1 Å². The number of thioether (sulfide) groups is 1. The smallest absolute Gasteiger partial charge is 0.266 e. The summed E-state index contributed by atoms with van der Waals surface area (Å²) in [5.74, 6) is -0.598.